The molecular formula is C17H19BrO2. The summed E-state index contributed by atoms with van der Waals surface area (Å²) in [4.78, 5) is 0. The molecule has 2 aromatic carbocycles. The van der Waals surface area contributed by atoms with E-state index in [2.05, 4.69) is 42.8 Å². The SMILES string of the molecule is COc1ccc(C)cc1COc1cc(C)c(Br)c(C)c1. The predicted molar refractivity (Wildman–Crippen MR) is 85.7 cm³/mol. The van der Waals surface area contributed by atoms with Crippen molar-refractivity contribution in [2.45, 2.75) is 27.4 Å². The van der Waals surface area contributed by atoms with Gasteiger partial charge in [0.25, 0.3) is 0 Å². The molecule has 0 heterocycles. The minimum Gasteiger partial charge on any atom is -0.496 e. The van der Waals surface area contributed by atoms with E-state index in [0.717, 1.165) is 21.5 Å². The smallest absolute Gasteiger partial charge is 0.125 e. The average molecular weight is 335 g/mol. The van der Waals surface area contributed by atoms with Crippen LogP contribution in [-0.2, 0) is 6.61 Å². The van der Waals surface area contributed by atoms with Crippen LogP contribution in [-0.4, -0.2) is 7.11 Å². The zero-order valence-electron chi connectivity index (χ0n) is 12.3. The molecule has 0 N–H and O–H groups in total. The molecule has 3 heteroatoms. The first-order chi connectivity index (χ1) is 9.51. The van der Waals surface area contributed by atoms with Crippen LogP contribution in [0.4, 0.5) is 0 Å². The lowest BCUT2D eigenvalue weighted by molar-refractivity contribution is 0.296. The third-order valence-corrected chi connectivity index (χ3v) is 4.49. The summed E-state index contributed by atoms with van der Waals surface area (Å²) in [5, 5.41) is 0. The highest BCUT2D eigenvalue weighted by molar-refractivity contribution is 9.10. The second-order valence-corrected chi connectivity index (χ2v) is 5.77. The predicted octanol–water partition coefficient (Wildman–Crippen LogP) is 4.96. The Balaban J connectivity index is 2.18. The molecule has 0 saturated heterocycles. The number of hydrogen-bond donors (Lipinski definition) is 0. The number of benzene rings is 2. The first-order valence-corrected chi connectivity index (χ1v) is 7.33. The van der Waals surface area contributed by atoms with Gasteiger partial charge in [-0.2, -0.15) is 0 Å². The molecule has 20 heavy (non-hydrogen) atoms. The van der Waals surface area contributed by atoms with Gasteiger partial charge >= 0.3 is 0 Å². The molecule has 2 rings (SSSR count). The fourth-order valence-corrected chi connectivity index (χ4v) is 2.40. The molecule has 0 atom stereocenters. The Morgan fingerprint density at radius 2 is 1.65 bits per heavy atom. The summed E-state index contributed by atoms with van der Waals surface area (Å²) in [7, 11) is 1.68. The molecule has 0 spiro atoms. The van der Waals surface area contributed by atoms with Crippen molar-refractivity contribution in [1.29, 1.82) is 0 Å². The summed E-state index contributed by atoms with van der Waals surface area (Å²) in [5.41, 5.74) is 4.62. The second kappa shape index (κ2) is 6.31. The number of rotatable bonds is 4. The zero-order chi connectivity index (χ0) is 14.7. The third kappa shape index (κ3) is 3.34. The number of aryl methyl sites for hydroxylation is 3. The zero-order valence-corrected chi connectivity index (χ0v) is 13.9. The van der Waals surface area contributed by atoms with Crippen LogP contribution in [0.1, 0.15) is 22.3 Å². The van der Waals surface area contributed by atoms with Crippen molar-refractivity contribution in [1.82, 2.24) is 0 Å². The maximum absolute atomic E-state index is 5.91. The molecule has 0 radical (unpaired) electrons. The van der Waals surface area contributed by atoms with E-state index in [-0.39, 0.29) is 0 Å². The first-order valence-electron chi connectivity index (χ1n) is 6.54. The lowest BCUT2D eigenvalue weighted by Crippen LogP contribution is -2.00. The lowest BCUT2D eigenvalue weighted by atomic mass is 10.1. The highest BCUT2D eigenvalue weighted by Gasteiger charge is 2.07. The van der Waals surface area contributed by atoms with Crippen LogP contribution in [0.5, 0.6) is 11.5 Å². The van der Waals surface area contributed by atoms with E-state index in [1.54, 1.807) is 7.11 Å². The highest BCUT2D eigenvalue weighted by atomic mass is 79.9. The van der Waals surface area contributed by atoms with Gasteiger partial charge in [0.2, 0.25) is 0 Å². The van der Waals surface area contributed by atoms with Crippen molar-refractivity contribution in [2.75, 3.05) is 7.11 Å². The summed E-state index contributed by atoms with van der Waals surface area (Å²) in [5.74, 6) is 1.74. The molecule has 2 nitrogen and oxygen atoms in total. The topological polar surface area (TPSA) is 18.5 Å². The maximum Gasteiger partial charge on any atom is 0.125 e. The minimum atomic E-state index is 0.505. The van der Waals surface area contributed by atoms with E-state index < -0.39 is 0 Å². The second-order valence-electron chi connectivity index (χ2n) is 4.98. The summed E-state index contributed by atoms with van der Waals surface area (Å²) in [6.07, 6.45) is 0. The van der Waals surface area contributed by atoms with E-state index in [1.807, 2.05) is 24.3 Å². The Hall–Kier alpha value is -1.48. The van der Waals surface area contributed by atoms with Gasteiger partial charge in [-0.3, -0.25) is 0 Å². The Morgan fingerprint density at radius 1 is 1.00 bits per heavy atom. The van der Waals surface area contributed by atoms with E-state index >= 15 is 0 Å². The molecule has 0 aliphatic rings. The molecule has 0 aromatic heterocycles. The summed E-state index contributed by atoms with van der Waals surface area (Å²) >= 11 is 3.57. The van der Waals surface area contributed by atoms with Crippen LogP contribution in [0, 0.1) is 20.8 Å². The Labute approximate surface area is 128 Å². The van der Waals surface area contributed by atoms with Crippen molar-refractivity contribution in [3.05, 3.63) is 57.1 Å². The van der Waals surface area contributed by atoms with E-state index in [4.69, 9.17) is 9.47 Å². The number of halogens is 1. The van der Waals surface area contributed by atoms with Gasteiger partial charge in [0.05, 0.1) is 7.11 Å². The quantitative estimate of drug-likeness (QED) is 0.786. The monoisotopic (exact) mass is 334 g/mol. The molecule has 106 valence electrons. The van der Waals surface area contributed by atoms with Gasteiger partial charge in [-0.05, 0) is 56.2 Å². The number of methoxy groups -OCH3 is 1. The number of ether oxygens (including phenoxy) is 2. The molecule has 0 unspecified atom stereocenters. The Bertz CT molecular complexity index is 597. The minimum absolute atomic E-state index is 0.505. The van der Waals surface area contributed by atoms with Crippen molar-refractivity contribution in [3.8, 4) is 11.5 Å². The van der Waals surface area contributed by atoms with Gasteiger partial charge < -0.3 is 9.47 Å². The number of hydrogen-bond acceptors (Lipinski definition) is 2. The summed E-state index contributed by atoms with van der Waals surface area (Å²) < 4.78 is 12.4. The van der Waals surface area contributed by atoms with Crippen LogP contribution in [0.3, 0.4) is 0 Å². The molecule has 0 aliphatic carbocycles. The van der Waals surface area contributed by atoms with Gasteiger partial charge in [0.1, 0.15) is 18.1 Å². The van der Waals surface area contributed by atoms with E-state index in [0.29, 0.717) is 6.61 Å². The molecular weight excluding hydrogens is 316 g/mol. The molecule has 2 aromatic rings. The fraction of sp³-hybridized carbons (Fsp3) is 0.294. The standard InChI is InChI=1S/C17H19BrO2/c1-11-5-6-16(19-4)14(7-11)10-20-15-8-12(2)17(18)13(3)9-15/h5-9H,10H2,1-4H3. The first kappa shape index (κ1) is 14.9. The van der Waals surface area contributed by atoms with Gasteiger partial charge in [-0.25, -0.2) is 0 Å². The van der Waals surface area contributed by atoms with Crippen LogP contribution in [0.25, 0.3) is 0 Å². The summed E-state index contributed by atoms with van der Waals surface area (Å²) in [6, 6.07) is 10.2. The van der Waals surface area contributed by atoms with E-state index in [1.165, 1.54) is 16.7 Å². The average Bonchev–Trinajstić information content (AvgIpc) is 2.42. The molecule has 0 bridgehead atoms. The van der Waals surface area contributed by atoms with Crippen molar-refractivity contribution in [2.24, 2.45) is 0 Å². The van der Waals surface area contributed by atoms with E-state index in [9.17, 15) is 0 Å². The van der Waals surface area contributed by atoms with Crippen LogP contribution >= 0.6 is 15.9 Å². The van der Waals surface area contributed by atoms with Crippen LogP contribution < -0.4 is 9.47 Å². The summed E-state index contributed by atoms with van der Waals surface area (Å²) in [6.45, 7) is 6.70. The van der Waals surface area contributed by atoms with Crippen LogP contribution in [0.15, 0.2) is 34.8 Å². The van der Waals surface area contributed by atoms with Gasteiger partial charge in [0, 0.05) is 10.0 Å². The third-order valence-electron chi connectivity index (χ3n) is 3.24. The lowest BCUT2D eigenvalue weighted by Gasteiger charge is -2.13. The van der Waals surface area contributed by atoms with Gasteiger partial charge in [-0.1, -0.05) is 27.6 Å². The normalized spacial score (nSPS) is 10.4. The largest absolute Gasteiger partial charge is 0.496 e. The molecule has 0 aliphatic heterocycles. The van der Waals surface area contributed by atoms with Crippen molar-refractivity contribution >= 4 is 15.9 Å². The fourth-order valence-electron chi connectivity index (χ4n) is 2.17. The Morgan fingerprint density at radius 3 is 2.25 bits per heavy atom. The molecule has 0 fully saturated rings. The Kier molecular flexibility index (Phi) is 4.71. The van der Waals surface area contributed by atoms with Gasteiger partial charge in [0.15, 0.2) is 0 Å². The van der Waals surface area contributed by atoms with Crippen molar-refractivity contribution in [3.63, 3.8) is 0 Å². The molecule has 0 saturated carbocycles. The van der Waals surface area contributed by atoms with Crippen LogP contribution in [0.2, 0.25) is 0 Å². The van der Waals surface area contributed by atoms with Crippen molar-refractivity contribution < 1.29 is 9.47 Å². The maximum atomic E-state index is 5.91. The highest BCUT2D eigenvalue weighted by Crippen LogP contribution is 2.28. The molecule has 0 amide bonds. The van der Waals surface area contributed by atoms with Gasteiger partial charge in [-0.15, -0.1) is 0 Å².